The number of nitrogens with zero attached hydrogens (tertiary/aromatic N) is 3. The van der Waals surface area contributed by atoms with Crippen molar-refractivity contribution in [3.05, 3.63) is 95.6 Å². The number of rotatable bonds is 13. The van der Waals surface area contributed by atoms with E-state index in [0.717, 1.165) is 85.8 Å². The summed E-state index contributed by atoms with van der Waals surface area (Å²) in [5, 5.41) is 18.9. The number of carbonyl (C=O) groups is 4. The highest BCUT2D eigenvalue weighted by Gasteiger charge is 2.54. The highest BCUT2D eigenvalue weighted by Crippen LogP contribution is 2.36. The average Bonchev–Trinajstić information content (AvgIpc) is 3.44. The lowest BCUT2D eigenvalue weighted by molar-refractivity contribution is -0.151. The first-order valence-electron chi connectivity index (χ1n) is 19.3. The van der Waals surface area contributed by atoms with Crippen molar-refractivity contribution in [1.29, 1.82) is 0 Å². The Labute approximate surface area is 316 Å². The van der Waals surface area contributed by atoms with Gasteiger partial charge in [0, 0.05) is 39.1 Å². The molecule has 284 valence electrons. The highest BCUT2D eigenvalue weighted by molar-refractivity contribution is 6.12. The first-order chi connectivity index (χ1) is 26.3. The largest absolute Gasteiger partial charge is 0.508 e. The van der Waals surface area contributed by atoms with Crippen molar-refractivity contribution in [2.75, 3.05) is 45.9 Å². The lowest BCUT2D eigenvalue weighted by atomic mass is 9.88. The molecule has 12 nitrogen and oxygen atoms in total. The van der Waals surface area contributed by atoms with Gasteiger partial charge in [0.2, 0.25) is 23.6 Å². The summed E-state index contributed by atoms with van der Waals surface area (Å²) in [5.74, 6) is -1.16. The van der Waals surface area contributed by atoms with E-state index in [4.69, 9.17) is 4.74 Å². The summed E-state index contributed by atoms with van der Waals surface area (Å²) in [6, 6.07) is 24.6. The van der Waals surface area contributed by atoms with E-state index in [2.05, 4.69) is 69.1 Å². The maximum atomic E-state index is 13.3. The van der Waals surface area contributed by atoms with Crippen molar-refractivity contribution < 1.29 is 29.0 Å². The molecule has 4 amide bonds. The van der Waals surface area contributed by atoms with E-state index in [1.54, 1.807) is 12.1 Å². The van der Waals surface area contributed by atoms with Gasteiger partial charge in [-0.1, -0.05) is 61.5 Å². The van der Waals surface area contributed by atoms with Gasteiger partial charge < -0.3 is 14.7 Å². The van der Waals surface area contributed by atoms with Gasteiger partial charge in [-0.25, -0.2) is 0 Å². The molecule has 4 aliphatic heterocycles. The van der Waals surface area contributed by atoms with Crippen molar-refractivity contribution >= 4 is 34.8 Å². The Morgan fingerprint density at radius 2 is 1.52 bits per heavy atom. The van der Waals surface area contributed by atoms with Crippen molar-refractivity contribution in [3.8, 4) is 11.5 Å². The first kappa shape index (κ1) is 37.4. The van der Waals surface area contributed by atoms with Gasteiger partial charge in [-0.3, -0.25) is 44.9 Å². The maximum absolute atomic E-state index is 13.3. The molecule has 4 saturated heterocycles. The molecule has 4 fully saturated rings. The van der Waals surface area contributed by atoms with Gasteiger partial charge in [0.15, 0.2) is 0 Å². The topological polar surface area (TPSA) is 144 Å². The molecule has 4 atom stereocenters. The minimum atomic E-state index is -0.927. The molecule has 4 unspecified atom stereocenters. The van der Waals surface area contributed by atoms with Crippen molar-refractivity contribution in [2.45, 2.75) is 63.8 Å². The number of phenolic OH excluding ortho intramolecular Hbond substituents is 1. The molecule has 0 aromatic heterocycles. The second-order valence-corrected chi connectivity index (χ2v) is 14.5. The zero-order valence-corrected chi connectivity index (χ0v) is 30.8. The zero-order valence-electron chi connectivity index (χ0n) is 30.8. The fourth-order valence-corrected chi connectivity index (χ4v) is 8.16. The number of piperidine rings is 1. The third-order valence-corrected chi connectivity index (χ3v) is 11.1. The lowest BCUT2D eigenvalue weighted by Gasteiger charge is -2.43. The smallest absolute Gasteiger partial charge is 0.249 e. The molecule has 12 heteroatoms. The summed E-state index contributed by atoms with van der Waals surface area (Å²) < 4.78 is 6.14. The molecule has 3 aromatic rings. The molecule has 0 saturated carbocycles. The molecule has 0 aliphatic carbocycles. The van der Waals surface area contributed by atoms with E-state index < -0.39 is 23.9 Å². The predicted molar refractivity (Wildman–Crippen MR) is 205 cm³/mol. The van der Waals surface area contributed by atoms with Crippen LogP contribution >= 0.6 is 0 Å². The number of benzene rings is 3. The quantitative estimate of drug-likeness (QED) is 0.117. The van der Waals surface area contributed by atoms with Crippen LogP contribution in [0.15, 0.2) is 78.9 Å². The van der Waals surface area contributed by atoms with E-state index in [-0.39, 0.29) is 42.6 Å². The molecule has 4 N–H and O–H groups in total. The average molecular weight is 735 g/mol. The molecule has 4 heterocycles. The number of imide groups is 2. The van der Waals surface area contributed by atoms with Gasteiger partial charge in [-0.15, -0.1) is 0 Å². The van der Waals surface area contributed by atoms with Crippen LogP contribution in [-0.4, -0.2) is 108 Å². The standard InChI is InChI=1S/C42H50N6O6/c1-2-33(28-9-5-3-6-10-28)37(29-11-15-31(49)16-12-29)30-13-17-32(18-14-30)54-26-8-4-7-21-46-22-24-47(25-23-46)42-43-27-34-38(45-42)41(53)48(40(34)52)35-19-20-36(50)44-39(35)51/h3,5-6,9-18,34-35,38,42-43,45,49H,2,4,7-8,19-27H2,1H3,(H,44,50,51)/b37-33-. The van der Waals surface area contributed by atoms with Gasteiger partial charge in [0.05, 0.1) is 12.5 Å². The number of fused-ring (bicyclic) bond motifs is 1. The lowest BCUT2D eigenvalue weighted by Crippen LogP contribution is -2.68. The van der Waals surface area contributed by atoms with E-state index in [0.29, 0.717) is 13.2 Å². The van der Waals surface area contributed by atoms with E-state index in [9.17, 15) is 24.3 Å². The monoisotopic (exact) mass is 734 g/mol. The van der Waals surface area contributed by atoms with Crippen LogP contribution in [0.25, 0.3) is 11.1 Å². The number of ether oxygens (including phenoxy) is 1. The molecular formula is C42H50N6O6. The molecule has 0 spiro atoms. The third-order valence-electron chi connectivity index (χ3n) is 11.1. The summed E-state index contributed by atoms with van der Waals surface area (Å²) in [4.78, 5) is 56.3. The number of piperazine rings is 1. The normalized spacial score (nSPS) is 24.3. The number of nitrogens with one attached hydrogen (secondary N) is 3. The predicted octanol–water partition coefficient (Wildman–Crippen LogP) is 3.56. The van der Waals surface area contributed by atoms with E-state index in [1.165, 1.54) is 11.1 Å². The Kier molecular flexibility index (Phi) is 11.8. The second-order valence-electron chi connectivity index (χ2n) is 14.5. The fourth-order valence-electron chi connectivity index (χ4n) is 8.16. The Hall–Kier alpha value is -4.88. The number of hydrogen-bond acceptors (Lipinski definition) is 10. The minimum absolute atomic E-state index is 0.114. The van der Waals surface area contributed by atoms with Crippen molar-refractivity contribution in [3.63, 3.8) is 0 Å². The van der Waals surface area contributed by atoms with Crippen molar-refractivity contribution in [1.82, 2.24) is 30.7 Å². The number of carbonyl (C=O) groups excluding carboxylic acids is 4. The summed E-state index contributed by atoms with van der Waals surface area (Å²) in [6.45, 7) is 7.68. The van der Waals surface area contributed by atoms with Crippen LogP contribution in [-0.2, 0) is 19.2 Å². The Morgan fingerprint density at radius 1 is 0.815 bits per heavy atom. The van der Waals surface area contributed by atoms with Gasteiger partial charge in [-0.05, 0) is 90.8 Å². The van der Waals surface area contributed by atoms with E-state index >= 15 is 0 Å². The summed E-state index contributed by atoms with van der Waals surface area (Å²) in [5.41, 5.74) is 5.74. The Bertz CT molecular complexity index is 1840. The zero-order chi connectivity index (χ0) is 37.6. The molecule has 54 heavy (non-hydrogen) atoms. The van der Waals surface area contributed by atoms with Gasteiger partial charge >= 0.3 is 0 Å². The van der Waals surface area contributed by atoms with Crippen molar-refractivity contribution in [2.24, 2.45) is 5.92 Å². The van der Waals surface area contributed by atoms with Crippen LogP contribution < -0.4 is 20.7 Å². The molecular weight excluding hydrogens is 684 g/mol. The molecule has 0 bridgehead atoms. The van der Waals surface area contributed by atoms with Crippen LogP contribution in [0.4, 0.5) is 0 Å². The Morgan fingerprint density at radius 3 is 2.20 bits per heavy atom. The van der Waals surface area contributed by atoms with E-state index in [1.807, 2.05) is 30.3 Å². The number of amides is 4. The first-order valence-corrected chi connectivity index (χ1v) is 19.3. The summed E-state index contributed by atoms with van der Waals surface area (Å²) in [6.07, 6.45) is 4.03. The van der Waals surface area contributed by atoms with Gasteiger partial charge in [0.1, 0.15) is 29.9 Å². The fraction of sp³-hybridized carbons (Fsp3) is 0.429. The number of unbranched alkanes of at least 4 members (excludes halogenated alkanes) is 2. The highest BCUT2D eigenvalue weighted by atomic mass is 16.5. The van der Waals surface area contributed by atoms with Crippen LogP contribution in [0.1, 0.15) is 62.1 Å². The van der Waals surface area contributed by atoms with Gasteiger partial charge in [0.25, 0.3) is 0 Å². The molecule has 3 aromatic carbocycles. The number of phenols is 1. The van der Waals surface area contributed by atoms with Gasteiger partial charge in [-0.2, -0.15) is 0 Å². The number of allylic oxidation sites excluding steroid dienone is 1. The minimum Gasteiger partial charge on any atom is -0.508 e. The second kappa shape index (κ2) is 17.1. The van der Waals surface area contributed by atoms with Crippen LogP contribution in [0.2, 0.25) is 0 Å². The molecule has 0 radical (unpaired) electrons. The molecule has 7 rings (SSSR count). The summed E-state index contributed by atoms with van der Waals surface area (Å²) in [7, 11) is 0. The van der Waals surface area contributed by atoms with Crippen LogP contribution in [0.3, 0.4) is 0 Å². The van der Waals surface area contributed by atoms with Crippen LogP contribution in [0.5, 0.6) is 11.5 Å². The summed E-state index contributed by atoms with van der Waals surface area (Å²) >= 11 is 0. The maximum Gasteiger partial charge on any atom is 0.249 e. The SMILES string of the molecule is CC/C(=C(\c1ccc(O)cc1)c1ccc(OCCCCCN2CCN(C3NCC4C(=O)N(C5CCC(=O)NC5=O)C(=O)C4N3)CC2)cc1)c1ccccc1. The number of hydrogen-bond donors (Lipinski definition) is 4. The number of likely N-dealkylation sites (tertiary alicyclic amines) is 1. The molecule has 4 aliphatic rings. The third kappa shape index (κ3) is 8.27. The Balaban J connectivity index is 0.836. The van der Waals surface area contributed by atoms with Crippen LogP contribution in [0, 0.1) is 5.92 Å². The number of aromatic hydroxyl groups is 1.